The van der Waals surface area contributed by atoms with Crippen LogP contribution in [0.2, 0.25) is 0 Å². The number of likely N-dealkylation sites (tertiary alicyclic amines) is 1. The summed E-state index contributed by atoms with van der Waals surface area (Å²) in [6.07, 6.45) is -0.513. The van der Waals surface area contributed by atoms with Crippen LogP contribution in [0.1, 0.15) is 18.4 Å². The van der Waals surface area contributed by atoms with Crippen LogP contribution in [0.15, 0.2) is 41.9 Å². The molecule has 0 aromatic heterocycles. The predicted octanol–water partition coefficient (Wildman–Crippen LogP) is 2.90. The molecule has 1 aliphatic rings. The molecule has 1 heterocycles. The molecule has 150 valence electrons. The Bertz CT molecular complexity index is 626. The molecule has 2 N–H and O–H groups in total. The molecule has 1 aliphatic heterocycles. The average molecular weight is 384 g/mol. The van der Waals surface area contributed by atoms with E-state index in [0.717, 1.165) is 38.5 Å². The molecule has 0 bridgehead atoms. The van der Waals surface area contributed by atoms with Crippen molar-refractivity contribution in [3.05, 3.63) is 42.5 Å². The fourth-order valence-electron chi connectivity index (χ4n) is 2.99. The third kappa shape index (κ3) is 6.78. The van der Waals surface area contributed by atoms with Crippen LogP contribution in [0, 0.1) is 0 Å². The van der Waals surface area contributed by atoms with E-state index in [9.17, 15) is 13.2 Å². The van der Waals surface area contributed by atoms with E-state index in [1.165, 1.54) is 18.2 Å². The highest BCUT2D eigenvalue weighted by Gasteiger charge is 2.33. The van der Waals surface area contributed by atoms with Crippen LogP contribution in [0.25, 0.3) is 0 Å². The predicted molar refractivity (Wildman–Crippen MR) is 101 cm³/mol. The molecule has 0 saturated carbocycles. The fourth-order valence-corrected chi connectivity index (χ4v) is 2.99. The Labute approximate surface area is 158 Å². The van der Waals surface area contributed by atoms with E-state index < -0.39 is 11.7 Å². The van der Waals surface area contributed by atoms with Crippen molar-refractivity contribution in [2.24, 2.45) is 4.99 Å². The summed E-state index contributed by atoms with van der Waals surface area (Å²) in [4.78, 5) is 6.51. The summed E-state index contributed by atoms with van der Waals surface area (Å²) in [6.45, 7) is 7.10. The first-order chi connectivity index (χ1) is 12.9. The van der Waals surface area contributed by atoms with Gasteiger partial charge in [-0.25, -0.2) is 0 Å². The minimum atomic E-state index is -4.43. The number of benzene rings is 1. The van der Waals surface area contributed by atoms with Gasteiger partial charge in [0.2, 0.25) is 0 Å². The summed E-state index contributed by atoms with van der Waals surface area (Å²) in [5.74, 6) is 0.467. The average Bonchev–Trinajstić information content (AvgIpc) is 2.65. The summed E-state index contributed by atoms with van der Waals surface area (Å²) >= 11 is 0. The number of ether oxygens (including phenoxy) is 1. The van der Waals surface area contributed by atoms with Crippen LogP contribution < -0.4 is 15.4 Å². The monoisotopic (exact) mass is 384 g/mol. The van der Waals surface area contributed by atoms with Crippen LogP contribution in [0.5, 0.6) is 5.75 Å². The van der Waals surface area contributed by atoms with Gasteiger partial charge in [0.25, 0.3) is 0 Å². The Hall–Kier alpha value is -2.22. The number of nitrogens with zero attached hydrogens (tertiary/aromatic N) is 2. The van der Waals surface area contributed by atoms with E-state index in [1.54, 1.807) is 7.05 Å². The lowest BCUT2D eigenvalue weighted by molar-refractivity contribution is -0.138. The quantitative estimate of drug-likeness (QED) is 0.329. The molecular weight excluding hydrogens is 357 g/mol. The van der Waals surface area contributed by atoms with Gasteiger partial charge in [-0.3, -0.25) is 9.89 Å². The normalized spacial score (nSPS) is 16.8. The number of guanidine groups is 1. The molecule has 0 spiro atoms. The number of alkyl halides is 3. The van der Waals surface area contributed by atoms with E-state index >= 15 is 0 Å². The summed E-state index contributed by atoms with van der Waals surface area (Å²) in [6, 6.07) is 5.54. The molecule has 0 atom stereocenters. The highest BCUT2D eigenvalue weighted by atomic mass is 19.4. The molecule has 0 amide bonds. The number of piperidine rings is 1. The minimum Gasteiger partial charge on any atom is -0.491 e. The second-order valence-electron chi connectivity index (χ2n) is 6.35. The minimum absolute atomic E-state index is 0.103. The number of halogens is 3. The van der Waals surface area contributed by atoms with Crippen molar-refractivity contribution in [1.82, 2.24) is 15.5 Å². The molecule has 2 rings (SSSR count). The van der Waals surface area contributed by atoms with Gasteiger partial charge < -0.3 is 15.4 Å². The highest BCUT2D eigenvalue weighted by Crippen LogP contribution is 2.35. The van der Waals surface area contributed by atoms with Crippen molar-refractivity contribution in [1.29, 1.82) is 0 Å². The third-order valence-corrected chi connectivity index (χ3v) is 4.38. The van der Waals surface area contributed by atoms with Crippen LogP contribution in [-0.4, -0.2) is 56.7 Å². The van der Waals surface area contributed by atoms with Crippen LogP contribution in [-0.2, 0) is 6.18 Å². The van der Waals surface area contributed by atoms with Gasteiger partial charge >= 0.3 is 6.18 Å². The molecule has 1 saturated heterocycles. The van der Waals surface area contributed by atoms with Gasteiger partial charge in [0.05, 0.1) is 12.1 Å². The number of hydrogen-bond donors (Lipinski definition) is 2. The Morgan fingerprint density at radius 2 is 2.04 bits per heavy atom. The number of aliphatic imine (C=N–C) groups is 1. The number of nitrogens with one attached hydrogen (secondary N) is 2. The Balaban J connectivity index is 1.74. The summed E-state index contributed by atoms with van der Waals surface area (Å²) < 4.78 is 44.1. The summed E-state index contributed by atoms with van der Waals surface area (Å²) in [7, 11) is 1.67. The smallest absolute Gasteiger partial charge is 0.419 e. The van der Waals surface area contributed by atoms with Gasteiger partial charge in [-0.1, -0.05) is 18.2 Å². The van der Waals surface area contributed by atoms with Crippen molar-refractivity contribution in [3.8, 4) is 5.75 Å². The molecule has 0 aliphatic carbocycles. The topological polar surface area (TPSA) is 48.9 Å². The van der Waals surface area contributed by atoms with Gasteiger partial charge in [0, 0.05) is 32.7 Å². The Kier molecular flexibility index (Phi) is 7.97. The maximum Gasteiger partial charge on any atom is 0.419 e. The zero-order valence-electron chi connectivity index (χ0n) is 15.6. The third-order valence-electron chi connectivity index (χ3n) is 4.38. The van der Waals surface area contributed by atoms with Crippen LogP contribution in [0.4, 0.5) is 13.2 Å². The summed E-state index contributed by atoms with van der Waals surface area (Å²) in [5.41, 5.74) is -0.765. The first-order valence-corrected chi connectivity index (χ1v) is 9.03. The van der Waals surface area contributed by atoms with Gasteiger partial charge in [-0.15, -0.1) is 6.58 Å². The van der Waals surface area contributed by atoms with E-state index in [-0.39, 0.29) is 12.4 Å². The van der Waals surface area contributed by atoms with Crippen molar-refractivity contribution in [2.45, 2.75) is 25.1 Å². The fraction of sp³-hybridized carbons (Fsp3) is 0.526. The van der Waals surface area contributed by atoms with Crippen molar-refractivity contribution >= 4 is 5.96 Å². The molecule has 5 nitrogen and oxygen atoms in total. The lowest BCUT2D eigenvalue weighted by Crippen LogP contribution is -2.49. The standard InChI is InChI=1S/C19H27F3N4O/c1-3-11-26-12-8-15(9-13-26)25-18(23-2)24-10-14-27-17-7-5-4-6-16(17)19(20,21)22/h3-7,15H,1,8-14H2,2H3,(H2,23,24,25). The van der Waals surface area contributed by atoms with Gasteiger partial charge in [-0.2, -0.15) is 13.2 Å². The molecule has 8 heteroatoms. The Morgan fingerprint density at radius 1 is 1.33 bits per heavy atom. The van der Waals surface area contributed by atoms with E-state index in [2.05, 4.69) is 27.1 Å². The lowest BCUT2D eigenvalue weighted by atomic mass is 10.1. The first-order valence-electron chi connectivity index (χ1n) is 9.03. The van der Waals surface area contributed by atoms with Crippen LogP contribution in [0.3, 0.4) is 0 Å². The SMILES string of the molecule is C=CCN1CCC(NC(=NC)NCCOc2ccccc2C(F)(F)F)CC1. The first kappa shape index (κ1) is 21.1. The molecule has 0 unspecified atom stereocenters. The molecule has 27 heavy (non-hydrogen) atoms. The lowest BCUT2D eigenvalue weighted by Gasteiger charge is -2.32. The largest absolute Gasteiger partial charge is 0.491 e. The molecule has 1 fully saturated rings. The highest BCUT2D eigenvalue weighted by molar-refractivity contribution is 5.79. The second-order valence-corrected chi connectivity index (χ2v) is 6.35. The maximum atomic E-state index is 12.9. The zero-order valence-corrected chi connectivity index (χ0v) is 15.6. The van der Waals surface area contributed by atoms with Gasteiger partial charge in [-0.05, 0) is 25.0 Å². The Morgan fingerprint density at radius 3 is 2.67 bits per heavy atom. The van der Waals surface area contributed by atoms with Crippen molar-refractivity contribution in [2.75, 3.05) is 39.8 Å². The molecule has 1 aromatic rings. The number of hydrogen-bond acceptors (Lipinski definition) is 3. The van der Waals surface area contributed by atoms with E-state index in [1.807, 2.05) is 6.08 Å². The summed E-state index contributed by atoms with van der Waals surface area (Å²) in [5, 5.41) is 6.44. The zero-order chi connectivity index (χ0) is 19.7. The maximum absolute atomic E-state index is 12.9. The van der Waals surface area contributed by atoms with Gasteiger partial charge in [0.1, 0.15) is 12.4 Å². The van der Waals surface area contributed by atoms with Gasteiger partial charge in [0.15, 0.2) is 5.96 Å². The van der Waals surface area contributed by atoms with E-state index in [0.29, 0.717) is 18.5 Å². The molecular formula is C19H27F3N4O. The van der Waals surface area contributed by atoms with Crippen molar-refractivity contribution < 1.29 is 17.9 Å². The number of para-hydroxylation sites is 1. The second kappa shape index (κ2) is 10.2. The van der Waals surface area contributed by atoms with E-state index in [4.69, 9.17) is 4.74 Å². The van der Waals surface area contributed by atoms with Crippen LogP contribution >= 0.6 is 0 Å². The van der Waals surface area contributed by atoms with Crippen molar-refractivity contribution in [3.63, 3.8) is 0 Å². The number of rotatable bonds is 7. The molecule has 0 radical (unpaired) electrons. The molecule has 1 aromatic carbocycles.